The van der Waals surface area contributed by atoms with Gasteiger partial charge in [-0.2, -0.15) is 0 Å². The number of aryl methyl sites for hydroxylation is 1. The van der Waals surface area contributed by atoms with E-state index < -0.39 is 17.5 Å². The van der Waals surface area contributed by atoms with Crippen LogP contribution in [-0.4, -0.2) is 0 Å². The minimum Gasteiger partial charge on any atom is -0.206 e. The summed E-state index contributed by atoms with van der Waals surface area (Å²) in [4.78, 5) is 0. The Morgan fingerprint density at radius 1 is 0.938 bits per heavy atom. The van der Waals surface area contributed by atoms with Crippen molar-refractivity contribution >= 4 is 10.8 Å². The van der Waals surface area contributed by atoms with E-state index >= 15 is 0 Å². The first kappa shape index (κ1) is 11.0. The second-order valence-corrected chi connectivity index (χ2v) is 3.75. The van der Waals surface area contributed by atoms with Gasteiger partial charge in [0.05, 0.1) is 5.39 Å². The summed E-state index contributed by atoms with van der Waals surface area (Å²) in [7, 11) is 0. The summed E-state index contributed by atoms with van der Waals surface area (Å²) in [6.07, 6.45) is 1.29. The Morgan fingerprint density at radius 2 is 1.62 bits per heavy atom. The van der Waals surface area contributed by atoms with Crippen molar-refractivity contribution < 1.29 is 13.2 Å². The molecule has 0 aromatic heterocycles. The Morgan fingerprint density at radius 3 is 2.31 bits per heavy atom. The number of benzene rings is 2. The Balaban J connectivity index is 2.76. The molecule has 2 rings (SSSR count). The van der Waals surface area contributed by atoms with Gasteiger partial charge in [-0.3, -0.25) is 0 Å². The summed E-state index contributed by atoms with van der Waals surface area (Å²) in [5.41, 5.74) is 0.430. The molecule has 0 saturated carbocycles. The summed E-state index contributed by atoms with van der Waals surface area (Å²) >= 11 is 0. The fourth-order valence-corrected chi connectivity index (χ4v) is 1.81. The molecule has 0 bridgehead atoms. The maximum Gasteiger partial charge on any atom is 0.169 e. The van der Waals surface area contributed by atoms with Crippen LogP contribution in [0.4, 0.5) is 13.2 Å². The largest absolute Gasteiger partial charge is 0.206 e. The van der Waals surface area contributed by atoms with Crippen molar-refractivity contribution in [2.75, 3.05) is 0 Å². The van der Waals surface area contributed by atoms with Gasteiger partial charge in [0, 0.05) is 0 Å². The molecular formula is C13H11F3. The van der Waals surface area contributed by atoms with E-state index in [4.69, 9.17) is 0 Å². The molecule has 0 fully saturated rings. The van der Waals surface area contributed by atoms with Crippen molar-refractivity contribution in [1.29, 1.82) is 0 Å². The smallest absolute Gasteiger partial charge is 0.169 e. The van der Waals surface area contributed by atoms with Crippen LogP contribution in [0.15, 0.2) is 24.3 Å². The third kappa shape index (κ3) is 1.66. The van der Waals surface area contributed by atoms with Crippen LogP contribution in [-0.2, 0) is 6.42 Å². The van der Waals surface area contributed by atoms with Gasteiger partial charge in [-0.05, 0) is 23.4 Å². The third-order valence-electron chi connectivity index (χ3n) is 2.61. The molecule has 0 atom stereocenters. The Kier molecular flexibility index (Phi) is 2.86. The fraction of sp³-hybridized carbons (Fsp3) is 0.231. The summed E-state index contributed by atoms with van der Waals surface area (Å²) < 4.78 is 40.4. The lowest BCUT2D eigenvalue weighted by Crippen LogP contribution is -1.95. The number of rotatable bonds is 2. The van der Waals surface area contributed by atoms with Crippen molar-refractivity contribution in [3.05, 3.63) is 47.3 Å². The van der Waals surface area contributed by atoms with Gasteiger partial charge in [0.25, 0.3) is 0 Å². The molecule has 0 saturated heterocycles. The van der Waals surface area contributed by atoms with Crippen LogP contribution in [0.3, 0.4) is 0 Å². The van der Waals surface area contributed by atoms with Gasteiger partial charge >= 0.3 is 0 Å². The van der Waals surface area contributed by atoms with Crippen LogP contribution in [0, 0.1) is 17.5 Å². The van der Waals surface area contributed by atoms with Crippen LogP contribution < -0.4 is 0 Å². The molecule has 0 amide bonds. The van der Waals surface area contributed by atoms with Crippen molar-refractivity contribution in [1.82, 2.24) is 0 Å². The maximum absolute atomic E-state index is 13.9. The minimum atomic E-state index is -1.10. The highest BCUT2D eigenvalue weighted by Gasteiger charge is 2.14. The average molecular weight is 224 g/mol. The number of fused-ring (bicyclic) bond motifs is 1. The van der Waals surface area contributed by atoms with Crippen molar-refractivity contribution in [2.45, 2.75) is 19.8 Å². The summed E-state index contributed by atoms with van der Waals surface area (Å²) in [5, 5.41) is 0.141. The molecule has 16 heavy (non-hydrogen) atoms. The number of hydrogen-bond donors (Lipinski definition) is 0. The highest BCUT2D eigenvalue weighted by molar-refractivity contribution is 5.84. The van der Waals surface area contributed by atoms with E-state index in [9.17, 15) is 13.2 Å². The van der Waals surface area contributed by atoms with E-state index in [1.165, 1.54) is 6.07 Å². The third-order valence-corrected chi connectivity index (χ3v) is 2.61. The topological polar surface area (TPSA) is 0 Å². The minimum absolute atomic E-state index is 0.244. The van der Waals surface area contributed by atoms with E-state index in [1.807, 2.05) is 6.92 Å². The zero-order chi connectivity index (χ0) is 11.7. The lowest BCUT2D eigenvalue weighted by atomic mass is 10.0. The number of halogens is 3. The molecule has 3 heteroatoms. The molecule has 0 N–H and O–H groups in total. The Bertz CT molecular complexity index is 532. The lowest BCUT2D eigenvalue weighted by molar-refractivity contribution is 0.511. The first-order valence-electron chi connectivity index (χ1n) is 5.20. The van der Waals surface area contributed by atoms with Gasteiger partial charge in [-0.15, -0.1) is 0 Å². The van der Waals surface area contributed by atoms with Gasteiger partial charge in [-0.25, -0.2) is 13.2 Å². The molecule has 84 valence electrons. The molecule has 0 heterocycles. The fourth-order valence-electron chi connectivity index (χ4n) is 1.81. The van der Waals surface area contributed by atoms with Gasteiger partial charge in [0.2, 0.25) is 0 Å². The van der Waals surface area contributed by atoms with E-state index in [2.05, 4.69) is 0 Å². The highest BCUT2D eigenvalue weighted by Crippen LogP contribution is 2.26. The van der Waals surface area contributed by atoms with Gasteiger partial charge < -0.3 is 0 Å². The lowest BCUT2D eigenvalue weighted by Gasteiger charge is -2.06. The van der Waals surface area contributed by atoms with E-state index in [1.54, 1.807) is 12.1 Å². The highest BCUT2D eigenvalue weighted by atomic mass is 19.2. The molecule has 0 spiro atoms. The molecule has 0 aliphatic heterocycles. The van der Waals surface area contributed by atoms with Gasteiger partial charge in [0.15, 0.2) is 11.6 Å². The van der Waals surface area contributed by atoms with Gasteiger partial charge in [-0.1, -0.05) is 31.5 Å². The number of hydrogen-bond acceptors (Lipinski definition) is 0. The second-order valence-electron chi connectivity index (χ2n) is 3.75. The van der Waals surface area contributed by atoms with Crippen molar-refractivity contribution in [3.8, 4) is 0 Å². The molecule has 0 radical (unpaired) electrons. The zero-order valence-electron chi connectivity index (χ0n) is 8.86. The molecular weight excluding hydrogens is 213 g/mol. The predicted octanol–water partition coefficient (Wildman–Crippen LogP) is 4.21. The summed E-state index contributed by atoms with van der Waals surface area (Å²) in [5.74, 6) is -2.76. The van der Waals surface area contributed by atoms with Crippen molar-refractivity contribution in [3.63, 3.8) is 0 Å². The van der Waals surface area contributed by atoms with E-state index in [-0.39, 0.29) is 5.39 Å². The second kappa shape index (κ2) is 4.16. The summed E-state index contributed by atoms with van der Waals surface area (Å²) in [6.45, 7) is 1.91. The SMILES string of the molecule is CCCc1ccc2ccc(F)c(F)c2c1F. The van der Waals surface area contributed by atoms with Crippen molar-refractivity contribution in [2.24, 2.45) is 0 Å². The Labute approximate surface area is 91.7 Å². The van der Waals surface area contributed by atoms with Crippen LogP contribution in [0.5, 0.6) is 0 Å². The van der Waals surface area contributed by atoms with Crippen LogP contribution >= 0.6 is 0 Å². The molecule has 0 aliphatic rings. The first-order valence-corrected chi connectivity index (χ1v) is 5.20. The van der Waals surface area contributed by atoms with E-state index in [0.717, 1.165) is 12.5 Å². The zero-order valence-corrected chi connectivity index (χ0v) is 8.86. The maximum atomic E-state index is 13.9. The van der Waals surface area contributed by atoms with Crippen LogP contribution in [0.25, 0.3) is 10.8 Å². The standard InChI is InChI=1S/C13H11F3/c1-2-3-9-5-4-8-6-7-10(14)13(16)11(8)12(9)15/h4-7H,2-3H2,1H3. The molecule has 0 aliphatic carbocycles. The average Bonchev–Trinajstić information content (AvgIpc) is 2.27. The summed E-state index contributed by atoms with van der Waals surface area (Å²) in [6, 6.07) is 5.63. The molecule has 2 aromatic rings. The van der Waals surface area contributed by atoms with Crippen LogP contribution in [0.2, 0.25) is 0 Å². The van der Waals surface area contributed by atoms with Crippen LogP contribution in [0.1, 0.15) is 18.9 Å². The molecule has 0 unspecified atom stereocenters. The van der Waals surface area contributed by atoms with Gasteiger partial charge in [0.1, 0.15) is 5.82 Å². The normalized spacial score (nSPS) is 11.0. The first-order chi connectivity index (χ1) is 7.65. The Hall–Kier alpha value is -1.51. The predicted molar refractivity (Wildman–Crippen MR) is 57.8 cm³/mol. The van der Waals surface area contributed by atoms with E-state index in [0.29, 0.717) is 17.4 Å². The quantitative estimate of drug-likeness (QED) is 0.716. The molecule has 0 nitrogen and oxygen atoms in total. The molecule has 2 aromatic carbocycles. The monoisotopic (exact) mass is 224 g/mol.